The fraction of sp³-hybridized carbons (Fsp3) is 0.269. The van der Waals surface area contributed by atoms with E-state index in [0.717, 1.165) is 27.7 Å². The van der Waals surface area contributed by atoms with Gasteiger partial charge in [-0.25, -0.2) is 0 Å². The zero-order valence-corrected chi connectivity index (χ0v) is 19.2. The van der Waals surface area contributed by atoms with Crippen LogP contribution in [0.3, 0.4) is 0 Å². The average molecular weight is 453 g/mol. The maximum Gasteiger partial charge on any atom is 0.142 e. The molecule has 3 atom stereocenters. The summed E-state index contributed by atoms with van der Waals surface area (Å²) in [5.41, 5.74) is 4.60. The van der Waals surface area contributed by atoms with Crippen LogP contribution in [0, 0.1) is 5.92 Å². The Hall–Kier alpha value is -2.33. The Morgan fingerprint density at radius 1 is 0.871 bits per heavy atom. The van der Waals surface area contributed by atoms with Gasteiger partial charge in [0.2, 0.25) is 0 Å². The van der Waals surface area contributed by atoms with Gasteiger partial charge in [0.25, 0.3) is 0 Å². The predicted octanol–water partition coefficient (Wildman–Crippen LogP) is 7.32. The number of benzene rings is 3. The van der Waals surface area contributed by atoms with Crippen molar-refractivity contribution < 1.29 is 4.84 Å². The van der Waals surface area contributed by atoms with Crippen molar-refractivity contribution in [2.75, 3.05) is 7.05 Å². The molecule has 3 unspecified atom stereocenters. The van der Waals surface area contributed by atoms with Crippen LogP contribution in [0.5, 0.6) is 0 Å². The van der Waals surface area contributed by atoms with Crippen LogP contribution >= 0.6 is 23.2 Å². The topological polar surface area (TPSA) is 24.8 Å². The molecule has 3 aromatic rings. The molecule has 5 heteroatoms. The molecular formula is C26H26Cl2N2O. The van der Waals surface area contributed by atoms with E-state index in [-0.39, 0.29) is 18.0 Å². The molecule has 0 bridgehead atoms. The van der Waals surface area contributed by atoms with Crippen LogP contribution in [-0.4, -0.2) is 17.7 Å². The number of hydrogen-bond acceptors (Lipinski definition) is 3. The van der Waals surface area contributed by atoms with E-state index in [0.29, 0.717) is 6.61 Å². The van der Waals surface area contributed by atoms with E-state index in [2.05, 4.69) is 48.3 Å². The van der Waals surface area contributed by atoms with Gasteiger partial charge in [-0.05, 0) is 48.0 Å². The first kappa shape index (κ1) is 21.9. The lowest BCUT2D eigenvalue weighted by Crippen LogP contribution is -2.42. The van der Waals surface area contributed by atoms with E-state index in [4.69, 9.17) is 28.0 Å². The van der Waals surface area contributed by atoms with Crippen molar-refractivity contribution in [1.82, 2.24) is 4.90 Å². The van der Waals surface area contributed by atoms with E-state index in [9.17, 15) is 0 Å². The smallest absolute Gasteiger partial charge is 0.142 e. The van der Waals surface area contributed by atoms with Gasteiger partial charge in [0.1, 0.15) is 6.61 Å². The first-order chi connectivity index (χ1) is 15.0. The Kier molecular flexibility index (Phi) is 6.96. The highest BCUT2D eigenvalue weighted by Crippen LogP contribution is 2.43. The zero-order valence-electron chi connectivity index (χ0n) is 17.7. The molecule has 0 amide bonds. The largest absolute Gasteiger partial charge is 0.391 e. The molecule has 160 valence electrons. The van der Waals surface area contributed by atoms with Gasteiger partial charge in [-0.1, -0.05) is 89.9 Å². The van der Waals surface area contributed by atoms with Crippen molar-refractivity contribution in [1.29, 1.82) is 0 Å². The fourth-order valence-electron chi connectivity index (χ4n) is 4.36. The van der Waals surface area contributed by atoms with Crippen molar-refractivity contribution in [3.63, 3.8) is 0 Å². The number of nitrogens with zero attached hydrogens (tertiary/aromatic N) is 2. The van der Waals surface area contributed by atoms with Gasteiger partial charge < -0.3 is 4.84 Å². The maximum atomic E-state index is 6.15. The Morgan fingerprint density at radius 3 is 2.06 bits per heavy atom. The minimum Gasteiger partial charge on any atom is -0.391 e. The van der Waals surface area contributed by atoms with Crippen LogP contribution in [0.4, 0.5) is 0 Å². The van der Waals surface area contributed by atoms with Gasteiger partial charge in [0, 0.05) is 34.5 Å². The van der Waals surface area contributed by atoms with Gasteiger partial charge in [-0.3, -0.25) is 4.90 Å². The predicted molar refractivity (Wildman–Crippen MR) is 129 cm³/mol. The van der Waals surface area contributed by atoms with E-state index >= 15 is 0 Å². The summed E-state index contributed by atoms with van der Waals surface area (Å²) in [6, 6.07) is 26.6. The standard InChI is InChI=1S/C26H26Cl2N2O/c1-18-24(29-31-17-19-6-4-3-5-7-19)16-25(20-8-12-22(27)13-9-20)30(2)26(18)21-10-14-23(28)15-11-21/h3-15,18,25-26H,16-17H2,1-2H3/b29-24-. The van der Waals surface area contributed by atoms with E-state index in [1.165, 1.54) is 11.1 Å². The molecule has 0 aromatic heterocycles. The zero-order chi connectivity index (χ0) is 21.8. The lowest BCUT2D eigenvalue weighted by atomic mass is 9.80. The molecule has 4 rings (SSSR count). The summed E-state index contributed by atoms with van der Waals surface area (Å²) in [5, 5.41) is 6.10. The lowest BCUT2D eigenvalue weighted by Gasteiger charge is -2.44. The number of piperidine rings is 1. The average Bonchev–Trinajstić information content (AvgIpc) is 2.78. The molecule has 3 aromatic carbocycles. The molecule has 1 aliphatic rings. The summed E-state index contributed by atoms with van der Waals surface area (Å²) >= 11 is 12.3. The molecule has 1 aliphatic heterocycles. The number of rotatable bonds is 5. The lowest BCUT2D eigenvalue weighted by molar-refractivity contribution is 0.105. The van der Waals surface area contributed by atoms with Gasteiger partial charge in [-0.15, -0.1) is 0 Å². The number of halogens is 2. The number of oxime groups is 1. The van der Waals surface area contributed by atoms with Crippen LogP contribution in [0.15, 0.2) is 84.0 Å². The molecule has 1 fully saturated rings. The van der Waals surface area contributed by atoms with E-state index < -0.39 is 0 Å². The Bertz CT molecular complexity index is 1020. The minimum atomic E-state index is 0.158. The minimum absolute atomic E-state index is 0.158. The first-order valence-corrected chi connectivity index (χ1v) is 11.2. The van der Waals surface area contributed by atoms with Crippen molar-refractivity contribution in [3.8, 4) is 0 Å². The van der Waals surface area contributed by atoms with Gasteiger partial charge >= 0.3 is 0 Å². The highest BCUT2D eigenvalue weighted by molar-refractivity contribution is 6.30. The summed E-state index contributed by atoms with van der Waals surface area (Å²) in [6.07, 6.45) is 0.804. The second-order valence-electron chi connectivity index (χ2n) is 8.06. The maximum absolute atomic E-state index is 6.15. The van der Waals surface area contributed by atoms with Gasteiger partial charge in [0.15, 0.2) is 0 Å². The summed E-state index contributed by atoms with van der Waals surface area (Å²) < 4.78 is 0. The van der Waals surface area contributed by atoms with Gasteiger partial charge in [0.05, 0.1) is 5.71 Å². The van der Waals surface area contributed by atoms with Crippen LogP contribution < -0.4 is 0 Å². The molecule has 3 nitrogen and oxygen atoms in total. The third-order valence-electron chi connectivity index (χ3n) is 6.05. The second-order valence-corrected chi connectivity index (χ2v) is 8.94. The van der Waals surface area contributed by atoms with Crippen LogP contribution in [0.1, 0.15) is 42.1 Å². The molecule has 0 spiro atoms. The summed E-state index contributed by atoms with van der Waals surface area (Å²) in [5.74, 6) is 0.200. The summed E-state index contributed by atoms with van der Waals surface area (Å²) in [4.78, 5) is 8.22. The van der Waals surface area contributed by atoms with Crippen LogP contribution in [0.25, 0.3) is 0 Å². The molecule has 0 aliphatic carbocycles. The van der Waals surface area contributed by atoms with Crippen LogP contribution in [-0.2, 0) is 11.4 Å². The quantitative estimate of drug-likeness (QED) is 0.378. The Labute approximate surface area is 194 Å². The third kappa shape index (κ3) is 5.12. The SMILES string of the molecule is CC1/C(=N\OCc2ccccc2)CC(c2ccc(Cl)cc2)N(C)C1c1ccc(Cl)cc1. The van der Waals surface area contributed by atoms with Crippen molar-refractivity contribution >= 4 is 28.9 Å². The number of likely N-dealkylation sites (tertiary alicyclic amines) is 1. The summed E-state index contributed by atoms with van der Waals surface area (Å²) in [6.45, 7) is 2.68. The van der Waals surface area contributed by atoms with Crippen molar-refractivity contribution in [2.45, 2.75) is 32.0 Å². The van der Waals surface area contributed by atoms with E-state index in [1.807, 2.05) is 54.6 Å². The molecule has 0 saturated carbocycles. The highest BCUT2D eigenvalue weighted by atomic mass is 35.5. The Morgan fingerprint density at radius 2 is 1.45 bits per heavy atom. The van der Waals surface area contributed by atoms with Crippen LogP contribution in [0.2, 0.25) is 10.0 Å². The first-order valence-electron chi connectivity index (χ1n) is 10.5. The molecule has 1 saturated heterocycles. The van der Waals surface area contributed by atoms with Gasteiger partial charge in [-0.2, -0.15) is 0 Å². The normalized spacial score (nSPS) is 23.1. The molecular weight excluding hydrogens is 427 g/mol. The van der Waals surface area contributed by atoms with Crippen molar-refractivity contribution in [2.24, 2.45) is 11.1 Å². The number of hydrogen-bond donors (Lipinski definition) is 0. The Balaban J connectivity index is 1.64. The molecule has 31 heavy (non-hydrogen) atoms. The van der Waals surface area contributed by atoms with Crippen molar-refractivity contribution in [3.05, 3.63) is 106 Å². The third-order valence-corrected chi connectivity index (χ3v) is 6.56. The second kappa shape index (κ2) is 9.86. The highest BCUT2D eigenvalue weighted by Gasteiger charge is 2.38. The summed E-state index contributed by atoms with van der Waals surface area (Å²) in [7, 11) is 2.18. The molecule has 1 heterocycles. The molecule has 0 radical (unpaired) electrons. The monoisotopic (exact) mass is 452 g/mol. The fourth-order valence-corrected chi connectivity index (χ4v) is 4.61. The van der Waals surface area contributed by atoms with E-state index in [1.54, 1.807) is 0 Å². The molecule has 0 N–H and O–H groups in total.